The fourth-order valence-electron chi connectivity index (χ4n) is 2.72. The molecule has 0 spiro atoms. The van der Waals surface area contributed by atoms with Gasteiger partial charge in [-0.2, -0.15) is 0 Å². The Morgan fingerprint density at radius 3 is 2.48 bits per heavy atom. The molecule has 0 bridgehead atoms. The standard InChI is InChI=1S/C19H25N3O4S/c1-3-22(15-8-5-4-6-9-15)13-7-12-21-19(23)17-14-16(27(20,24)25)10-11-18(17)26-2/h4-6,8-11,14H,3,7,12-13H2,1-2H3,(H,21,23)(H2,20,24,25). The van der Waals surface area contributed by atoms with Crippen LogP contribution in [0.1, 0.15) is 23.7 Å². The average molecular weight is 391 g/mol. The topological polar surface area (TPSA) is 102 Å². The number of amides is 1. The zero-order chi connectivity index (χ0) is 19.9. The summed E-state index contributed by atoms with van der Waals surface area (Å²) in [4.78, 5) is 14.5. The van der Waals surface area contributed by atoms with Crippen LogP contribution in [0.5, 0.6) is 5.75 Å². The second-order valence-corrected chi connectivity index (χ2v) is 7.49. The fourth-order valence-corrected chi connectivity index (χ4v) is 3.26. The molecule has 2 aromatic rings. The Morgan fingerprint density at radius 1 is 1.19 bits per heavy atom. The van der Waals surface area contributed by atoms with Gasteiger partial charge in [0.25, 0.3) is 5.91 Å². The van der Waals surface area contributed by atoms with Gasteiger partial charge in [0.15, 0.2) is 0 Å². The van der Waals surface area contributed by atoms with Gasteiger partial charge in [-0.15, -0.1) is 0 Å². The molecule has 7 nitrogen and oxygen atoms in total. The third kappa shape index (κ3) is 5.70. The predicted octanol–water partition coefficient (Wildman–Crippen LogP) is 1.99. The molecule has 0 aliphatic heterocycles. The number of anilines is 1. The van der Waals surface area contributed by atoms with Gasteiger partial charge in [-0.25, -0.2) is 13.6 Å². The van der Waals surface area contributed by atoms with Crippen LogP contribution in [0.2, 0.25) is 0 Å². The minimum absolute atomic E-state index is 0.130. The largest absolute Gasteiger partial charge is 0.496 e. The van der Waals surface area contributed by atoms with Gasteiger partial charge in [0.1, 0.15) is 5.75 Å². The van der Waals surface area contributed by atoms with E-state index >= 15 is 0 Å². The van der Waals surface area contributed by atoms with E-state index < -0.39 is 15.9 Å². The number of carbonyl (C=O) groups excluding carboxylic acids is 1. The van der Waals surface area contributed by atoms with Gasteiger partial charge < -0.3 is 15.0 Å². The predicted molar refractivity (Wildman–Crippen MR) is 106 cm³/mol. The van der Waals surface area contributed by atoms with Gasteiger partial charge in [0, 0.05) is 25.3 Å². The van der Waals surface area contributed by atoms with Crippen molar-refractivity contribution < 1.29 is 17.9 Å². The Hall–Kier alpha value is -2.58. The van der Waals surface area contributed by atoms with E-state index in [1.165, 1.54) is 25.3 Å². The van der Waals surface area contributed by atoms with E-state index in [1.807, 2.05) is 30.3 Å². The van der Waals surface area contributed by atoms with Crippen molar-refractivity contribution in [2.24, 2.45) is 5.14 Å². The molecule has 27 heavy (non-hydrogen) atoms. The van der Waals surface area contributed by atoms with E-state index in [0.29, 0.717) is 12.3 Å². The van der Waals surface area contributed by atoms with Crippen LogP contribution in [0.25, 0.3) is 0 Å². The molecule has 8 heteroatoms. The lowest BCUT2D eigenvalue weighted by atomic mass is 10.2. The molecule has 0 atom stereocenters. The number of nitrogens with one attached hydrogen (secondary N) is 1. The number of ether oxygens (including phenoxy) is 1. The Kier molecular flexibility index (Phi) is 7.20. The van der Waals surface area contributed by atoms with E-state index in [4.69, 9.17) is 9.88 Å². The molecule has 0 heterocycles. The molecule has 0 saturated heterocycles. The summed E-state index contributed by atoms with van der Waals surface area (Å²) in [6, 6.07) is 14.0. The van der Waals surface area contributed by atoms with Crippen molar-refractivity contribution in [3.63, 3.8) is 0 Å². The van der Waals surface area contributed by atoms with Crippen LogP contribution in [-0.2, 0) is 10.0 Å². The first kappa shape index (κ1) is 20.7. The van der Waals surface area contributed by atoms with Crippen molar-refractivity contribution >= 4 is 21.6 Å². The van der Waals surface area contributed by atoms with Gasteiger partial charge in [-0.1, -0.05) is 18.2 Å². The molecule has 0 saturated carbocycles. The number of benzene rings is 2. The van der Waals surface area contributed by atoms with Gasteiger partial charge >= 0.3 is 0 Å². The molecule has 0 fully saturated rings. The van der Waals surface area contributed by atoms with E-state index in [-0.39, 0.29) is 10.5 Å². The first-order valence-corrected chi connectivity index (χ1v) is 10.2. The maximum absolute atomic E-state index is 12.4. The molecular formula is C19H25N3O4S. The van der Waals surface area contributed by atoms with Crippen LogP contribution in [0, 0.1) is 0 Å². The molecule has 0 radical (unpaired) electrons. The van der Waals surface area contributed by atoms with Gasteiger partial charge in [-0.05, 0) is 43.7 Å². The lowest BCUT2D eigenvalue weighted by Crippen LogP contribution is -2.30. The summed E-state index contributed by atoms with van der Waals surface area (Å²) in [6.07, 6.45) is 0.742. The summed E-state index contributed by atoms with van der Waals surface area (Å²) in [6.45, 7) is 4.18. The number of rotatable bonds is 9. The van der Waals surface area contributed by atoms with E-state index in [1.54, 1.807) is 0 Å². The first-order chi connectivity index (χ1) is 12.9. The van der Waals surface area contributed by atoms with Crippen LogP contribution in [0.3, 0.4) is 0 Å². The first-order valence-electron chi connectivity index (χ1n) is 8.66. The summed E-state index contributed by atoms with van der Waals surface area (Å²) in [7, 11) is -2.48. The lowest BCUT2D eigenvalue weighted by Gasteiger charge is -2.23. The number of carbonyl (C=O) groups is 1. The molecule has 3 N–H and O–H groups in total. The monoisotopic (exact) mass is 391 g/mol. The average Bonchev–Trinajstić information content (AvgIpc) is 2.67. The van der Waals surface area contributed by atoms with Crippen LogP contribution in [0.4, 0.5) is 5.69 Å². The fraction of sp³-hybridized carbons (Fsp3) is 0.316. The molecular weight excluding hydrogens is 366 g/mol. The second-order valence-electron chi connectivity index (χ2n) is 5.93. The van der Waals surface area contributed by atoms with E-state index in [2.05, 4.69) is 17.1 Å². The second kappa shape index (κ2) is 9.38. The van der Waals surface area contributed by atoms with E-state index in [9.17, 15) is 13.2 Å². The summed E-state index contributed by atoms with van der Waals surface area (Å²) < 4.78 is 28.2. The highest BCUT2D eigenvalue weighted by atomic mass is 32.2. The molecule has 2 aromatic carbocycles. The minimum Gasteiger partial charge on any atom is -0.496 e. The molecule has 2 rings (SSSR count). The molecule has 146 valence electrons. The van der Waals surface area contributed by atoms with Gasteiger partial charge in [0.05, 0.1) is 17.6 Å². The SMILES string of the molecule is CCN(CCCNC(=O)c1cc(S(N)(=O)=O)ccc1OC)c1ccccc1. The molecule has 0 aliphatic rings. The molecule has 1 amide bonds. The van der Waals surface area contributed by atoms with Gasteiger partial charge in [-0.3, -0.25) is 4.79 Å². The highest BCUT2D eigenvalue weighted by Gasteiger charge is 2.17. The highest BCUT2D eigenvalue weighted by molar-refractivity contribution is 7.89. The Bertz CT molecular complexity index is 870. The van der Waals surface area contributed by atoms with Crippen molar-refractivity contribution in [3.05, 3.63) is 54.1 Å². The maximum atomic E-state index is 12.4. The number of para-hydroxylation sites is 1. The normalized spacial score (nSPS) is 11.1. The van der Waals surface area contributed by atoms with Crippen LogP contribution in [0.15, 0.2) is 53.4 Å². The smallest absolute Gasteiger partial charge is 0.255 e. The zero-order valence-electron chi connectivity index (χ0n) is 15.5. The Morgan fingerprint density at radius 2 is 1.89 bits per heavy atom. The number of sulfonamides is 1. The quantitative estimate of drug-likeness (QED) is 0.637. The van der Waals surface area contributed by atoms with Crippen molar-refractivity contribution in [1.82, 2.24) is 5.32 Å². The van der Waals surface area contributed by atoms with Crippen molar-refractivity contribution in [2.45, 2.75) is 18.2 Å². The lowest BCUT2D eigenvalue weighted by molar-refractivity contribution is 0.0950. The number of hydrogen-bond donors (Lipinski definition) is 2. The maximum Gasteiger partial charge on any atom is 0.255 e. The highest BCUT2D eigenvalue weighted by Crippen LogP contribution is 2.22. The Balaban J connectivity index is 1.97. The molecule has 0 unspecified atom stereocenters. The number of hydrogen-bond acceptors (Lipinski definition) is 5. The zero-order valence-corrected chi connectivity index (χ0v) is 16.3. The summed E-state index contributed by atoms with van der Waals surface area (Å²) in [5.41, 5.74) is 1.27. The Labute approximate surface area is 160 Å². The molecule has 0 aromatic heterocycles. The molecule has 0 aliphatic carbocycles. The third-order valence-corrected chi connectivity index (χ3v) is 5.05. The van der Waals surface area contributed by atoms with Crippen LogP contribution < -0.4 is 20.1 Å². The number of primary sulfonamides is 1. The van der Waals surface area contributed by atoms with Crippen LogP contribution >= 0.6 is 0 Å². The van der Waals surface area contributed by atoms with Gasteiger partial charge in [0.2, 0.25) is 10.0 Å². The van der Waals surface area contributed by atoms with E-state index in [0.717, 1.165) is 25.2 Å². The summed E-state index contributed by atoms with van der Waals surface area (Å²) >= 11 is 0. The van der Waals surface area contributed by atoms with Crippen LogP contribution in [-0.4, -0.2) is 41.1 Å². The number of nitrogens with two attached hydrogens (primary N) is 1. The van der Waals surface area contributed by atoms with Crippen molar-refractivity contribution in [3.8, 4) is 5.75 Å². The summed E-state index contributed by atoms with van der Waals surface area (Å²) in [5.74, 6) is -0.112. The van der Waals surface area contributed by atoms with Crippen molar-refractivity contribution in [2.75, 3.05) is 31.6 Å². The number of nitrogens with zero attached hydrogens (tertiary/aromatic N) is 1. The number of methoxy groups -OCH3 is 1. The van der Waals surface area contributed by atoms with Crippen molar-refractivity contribution in [1.29, 1.82) is 0 Å². The minimum atomic E-state index is -3.90. The third-order valence-electron chi connectivity index (χ3n) is 4.14. The summed E-state index contributed by atoms with van der Waals surface area (Å²) in [5, 5.41) is 7.94.